The van der Waals surface area contributed by atoms with E-state index in [1.54, 1.807) is 12.1 Å². The molecule has 1 atom stereocenters. The number of likely N-dealkylation sites (tertiary alicyclic amines) is 1. The third kappa shape index (κ3) is 4.73. The molecule has 2 N–H and O–H groups in total. The average molecular weight is 411 g/mol. The third-order valence-corrected chi connectivity index (χ3v) is 5.77. The quantitative estimate of drug-likeness (QED) is 0.581. The van der Waals surface area contributed by atoms with Crippen LogP contribution in [0.2, 0.25) is 0 Å². The zero-order chi connectivity index (χ0) is 20.3. The first-order valence-corrected chi connectivity index (χ1v) is 9.94. The zero-order valence-electron chi connectivity index (χ0n) is 15.7. The minimum absolute atomic E-state index is 0.0477. The first-order valence-electron chi connectivity index (χ1n) is 9.06. The van der Waals surface area contributed by atoms with Gasteiger partial charge in [0.1, 0.15) is 5.75 Å². The monoisotopic (exact) mass is 411 g/mol. The number of nitrogen functional groups attached to an aromatic ring is 1. The van der Waals surface area contributed by atoms with Gasteiger partial charge in [-0.25, -0.2) is 4.68 Å². The Bertz CT molecular complexity index is 807. The summed E-state index contributed by atoms with van der Waals surface area (Å²) < 4.78 is 30.1. The number of halogens is 2. The van der Waals surface area contributed by atoms with Gasteiger partial charge in [-0.15, -0.1) is 10.2 Å². The van der Waals surface area contributed by atoms with Gasteiger partial charge >= 0.3 is 6.61 Å². The molecule has 7 nitrogen and oxygen atoms in total. The number of aromatic nitrogens is 3. The van der Waals surface area contributed by atoms with Gasteiger partial charge in [0.25, 0.3) is 0 Å². The van der Waals surface area contributed by atoms with Gasteiger partial charge in [-0.2, -0.15) is 8.78 Å². The molecule has 152 valence electrons. The lowest BCUT2D eigenvalue weighted by molar-refractivity contribution is -0.131. The zero-order valence-corrected chi connectivity index (χ0v) is 16.5. The Morgan fingerprint density at radius 3 is 2.50 bits per heavy atom. The number of nitrogens with zero attached hydrogens (tertiary/aromatic N) is 4. The van der Waals surface area contributed by atoms with Gasteiger partial charge in [0.05, 0.1) is 5.25 Å². The summed E-state index contributed by atoms with van der Waals surface area (Å²) >= 11 is 1.25. The predicted octanol–water partition coefficient (Wildman–Crippen LogP) is 3.00. The molecule has 28 heavy (non-hydrogen) atoms. The standard InChI is InChI=1S/C18H23F2N5O2S/c1-11-7-9-24(10-8-11)16(26)12(2)28-18-23-22-15(25(18)21)13-3-5-14(6-4-13)27-17(19)20/h3-6,11-12,17H,7-10,21H2,1-2H3. The van der Waals surface area contributed by atoms with Crippen molar-refractivity contribution in [3.63, 3.8) is 0 Å². The van der Waals surface area contributed by atoms with Crippen molar-refractivity contribution >= 4 is 17.7 Å². The summed E-state index contributed by atoms with van der Waals surface area (Å²) in [5, 5.41) is 8.21. The highest BCUT2D eigenvalue weighted by atomic mass is 32.2. The van der Waals surface area contributed by atoms with Crippen molar-refractivity contribution in [3.05, 3.63) is 24.3 Å². The van der Waals surface area contributed by atoms with Crippen molar-refractivity contribution in [2.24, 2.45) is 5.92 Å². The van der Waals surface area contributed by atoms with Crippen LogP contribution in [0, 0.1) is 5.92 Å². The number of hydrogen-bond acceptors (Lipinski definition) is 6. The number of alkyl halides is 2. The second-order valence-electron chi connectivity index (χ2n) is 6.85. The van der Waals surface area contributed by atoms with Crippen LogP contribution in [0.15, 0.2) is 29.4 Å². The number of ether oxygens (including phenoxy) is 1. The van der Waals surface area contributed by atoms with Gasteiger partial charge in [-0.3, -0.25) is 4.79 Å². The normalized spacial score (nSPS) is 16.4. The van der Waals surface area contributed by atoms with E-state index in [-0.39, 0.29) is 16.9 Å². The molecule has 10 heteroatoms. The molecule has 1 aliphatic rings. The maximum Gasteiger partial charge on any atom is 0.387 e. The van der Waals surface area contributed by atoms with Crippen LogP contribution in [-0.4, -0.2) is 50.6 Å². The van der Waals surface area contributed by atoms with Crippen molar-refractivity contribution in [1.82, 2.24) is 19.8 Å². The Morgan fingerprint density at radius 1 is 1.25 bits per heavy atom. The molecule has 1 unspecified atom stereocenters. The second-order valence-corrected chi connectivity index (χ2v) is 8.15. The molecular weight excluding hydrogens is 388 g/mol. The fraction of sp³-hybridized carbons (Fsp3) is 0.500. The number of nitrogens with two attached hydrogens (primary N) is 1. The SMILES string of the molecule is CC1CCN(C(=O)C(C)Sc2nnc(-c3ccc(OC(F)F)cc3)n2N)CC1. The van der Waals surface area contributed by atoms with Gasteiger partial charge < -0.3 is 15.5 Å². The van der Waals surface area contributed by atoms with E-state index in [9.17, 15) is 13.6 Å². The summed E-state index contributed by atoms with van der Waals surface area (Å²) in [6, 6.07) is 5.96. The minimum atomic E-state index is -2.88. The van der Waals surface area contributed by atoms with Crippen molar-refractivity contribution < 1.29 is 18.3 Å². The lowest BCUT2D eigenvalue weighted by atomic mass is 9.99. The van der Waals surface area contributed by atoms with E-state index in [2.05, 4.69) is 21.9 Å². The van der Waals surface area contributed by atoms with Crippen LogP contribution in [0.1, 0.15) is 26.7 Å². The molecule has 1 aliphatic heterocycles. The van der Waals surface area contributed by atoms with Crippen LogP contribution in [0.3, 0.4) is 0 Å². The number of amides is 1. The lowest BCUT2D eigenvalue weighted by Gasteiger charge is -2.31. The Balaban J connectivity index is 1.66. The number of carbonyl (C=O) groups excluding carboxylic acids is 1. The molecule has 0 bridgehead atoms. The molecule has 3 rings (SSSR count). The Kier molecular flexibility index (Phi) is 6.38. The molecular formula is C18H23F2N5O2S. The van der Waals surface area contributed by atoms with E-state index < -0.39 is 6.61 Å². The first kappa shape index (κ1) is 20.4. The summed E-state index contributed by atoms with van der Waals surface area (Å²) in [6.07, 6.45) is 2.04. The van der Waals surface area contributed by atoms with E-state index in [1.807, 2.05) is 11.8 Å². The summed E-state index contributed by atoms with van der Waals surface area (Å²) in [7, 11) is 0. The molecule has 1 amide bonds. The van der Waals surface area contributed by atoms with Crippen molar-refractivity contribution in [2.45, 2.75) is 43.7 Å². The molecule has 1 aromatic carbocycles. The maximum atomic E-state index is 12.7. The smallest absolute Gasteiger partial charge is 0.387 e. The van der Waals surface area contributed by atoms with Crippen LogP contribution in [0.5, 0.6) is 5.75 Å². The van der Waals surface area contributed by atoms with E-state index in [0.717, 1.165) is 25.9 Å². The van der Waals surface area contributed by atoms with E-state index in [1.165, 1.54) is 28.6 Å². The van der Waals surface area contributed by atoms with Gasteiger partial charge in [-0.05, 0) is 49.9 Å². The first-order chi connectivity index (χ1) is 13.3. The van der Waals surface area contributed by atoms with Crippen molar-refractivity contribution in [3.8, 4) is 17.1 Å². The topological polar surface area (TPSA) is 86.3 Å². The number of hydrogen-bond donors (Lipinski definition) is 1. The summed E-state index contributed by atoms with van der Waals surface area (Å²) in [5.74, 6) is 7.23. The van der Waals surface area contributed by atoms with Gasteiger partial charge in [0.2, 0.25) is 11.1 Å². The van der Waals surface area contributed by atoms with E-state index in [0.29, 0.717) is 22.5 Å². The number of benzene rings is 1. The Hall–Kier alpha value is -2.36. The van der Waals surface area contributed by atoms with Gasteiger partial charge in [0, 0.05) is 18.7 Å². The number of rotatable bonds is 6. The summed E-state index contributed by atoms with van der Waals surface area (Å²) in [6.45, 7) is 2.70. The van der Waals surface area contributed by atoms with Crippen LogP contribution in [-0.2, 0) is 4.79 Å². The fourth-order valence-corrected chi connectivity index (χ4v) is 3.89. The molecule has 2 aromatic rings. The summed E-state index contributed by atoms with van der Waals surface area (Å²) in [5.41, 5.74) is 0.604. The fourth-order valence-electron chi connectivity index (χ4n) is 3.03. The molecule has 0 saturated carbocycles. The Morgan fingerprint density at radius 2 is 1.89 bits per heavy atom. The highest BCUT2D eigenvalue weighted by molar-refractivity contribution is 8.00. The maximum absolute atomic E-state index is 12.7. The largest absolute Gasteiger partial charge is 0.435 e. The number of piperidine rings is 1. The average Bonchev–Trinajstić information content (AvgIpc) is 3.02. The van der Waals surface area contributed by atoms with Gasteiger partial charge in [0.15, 0.2) is 5.82 Å². The van der Waals surface area contributed by atoms with Gasteiger partial charge in [-0.1, -0.05) is 18.7 Å². The second kappa shape index (κ2) is 8.76. The molecule has 0 aliphatic carbocycles. The van der Waals surface area contributed by atoms with Crippen LogP contribution < -0.4 is 10.6 Å². The van der Waals surface area contributed by atoms with E-state index in [4.69, 9.17) is 5.84 Å². The summed E-state index contributed by atoms with van der Waals surface area (Å²) in [4.78, 5) is 14.5. The number of carbonyl (C=O) groups is 1. The molecule has 0 spiro atoms. The predicted molar refractivity (Wildman–Crippen MR) is 103 cm³/mol. The number of thioether (sulfide) groups is 1. The molecule has 1 fully saturated rings. The van der Waals surface area contributed by atoms with Crippen molar-refractivity contribution in [1.29, 1.82) is 0 Å². The highest BCUT2D eigenvalue weighted by Gasteiger charge is 2.26. The van der Waals surface area contributed by atoms with Crippen LogP contribution in [0.4, 0.5) is 8.78 Å². The minimum Gasteiger partial charge on any atom is -0.435 e. The highest BCUT2D eigenvalue weighted by Crippen LogP contribution is 2.28. The van der Waals surface area contributed by atoms with Crippen molar-refractivity contribution in [2.75, 3.05) is 18.9 Å². The molecule has 0 radical (unpaired) electrons. The molecule has 1 aromatic heterocycles. The van der Waals surface area contributed by atoms with E-state index >= 15 is 0 Å². The molecule has 1 saturated heterocycles. The lowest BCUT2D eigenvalue weighted by Crippen LogP contribution is -2.41. The van der Waals surface area contributed by atoms with Crippen LogP contribution in [0.25, 0.3) is 11.4 Å². The third-order valence-electron chi connectivity index (χ3n) is 4.73. The Labute approximate surface area is 166 Å². The molecule has 2 heterocycles. The van der Waals surface area contributed by atoms with Crippen LogP contribution >= 0.6 is 11.8 Å².